The van der Waals surface area contributed by atoms with Crippen LogP contribution >= 0.6 is 23.4 Å². The molecule has 2 aromatic rings. The first-order chi connectivity index (χ1) is 11.8. The van der Waals surface area contributed by atoms with Crippen molar-refractivity contribution >= 4 is 46.2 Å². The van der Waals surface area contributed by atoms with E-state index in [4.69, 9.17) is 11.6 Å². The van der Waals surface area contributed by atoms with Gasteiger partial charge in [0, 0.05) is 0 Å². The average Bonchev–Trinajstić information content (AvgIpc) is 2.89. The molecule has 0 aromatic heterocycles. The number of amides is 1. The normalized spacial score (nSPS) is 18.0. The van der Waals surface area contributed by atoms with Gasteiger partial charge in [-0.15, -0.1) is 0 Å². The quantitative estimate of drug-likeness (QED) is 0.721. The molecule has 2 aromatic carbocycles. The zero-order valence-electron chi connectivity index (χ0n) is 12.5. The highest BCUT2D eigenvalue weighted by molar-refractivity contribution is 8.18. The Morgan fingerprint density at radius 3 is 2.40 bits per heavy atom. The number of carbonyl (C=O) groups is 1. The number of nitrogens with one attached hydrogen (secondary N) is 1. The van der Waals surface area contributed by atoms with Crippen LogP contribution in [0.4, 0.5) is 18.9 Å². The first kappa shape index (κ1) is 17.6. The van der Waals surface area contributed by atoms with Crippen LogP contribution in [-0.4, -0.2) is 11.1 Å². The topological polar surface area (TPSA) is 41.5 Å². The summed E-state index contributed by atoms with van der Waals surface area (Å²) in [6.07, 6.45) is -2.88. The van der Waals surface area contributed by atoms with Crippen LogP contribution in [0.15, 0.2) is 58.4 Å². The lowest BCUT2D eigenvalue weighted by molar-refractivity contribution is -0.137. The molecule has 0 bridgehead atoms. The number of hydrogen-bond donors (Lipinski definition) is 1. The van der Waals surface area contributed by atoms with Gasteiger partial charge in [0.2, 0.25) is 0 Å². The predicted octanol–water partition coefficient (Wildman–Crippen LogP) is 5.25. The first-order valence-corrected chi connectivity index (χ1v) is 8.24. The first-order valence-electron chi connectivity index (χ1n) is 7.04. The highest BCUT2D eigenvalue weighted by Crippen LogP contribution is 2.32. The molecule has 3 rings (SSSR count). The maximum atomic E-state index is 12.6. The lowest BCUT2D eigenvalue weighted by Gasteiger charge is -2.06. The van der Waals surface area contributed by atoms with Crippen LogP contribution in [0.3, 0.4) is 0 Å². The van der Waals surface area contributed by atoms with Crippen molar-refractivity contribution in [1.29, 1.82) is 0 Å². The molecule has 0 unspecified atom stereocenters. The number of aliphatic imine (C=N–C) groups is 1. The number of benzene rings is 2. The molecule has 0 spiro atoms. The maximum absolute atomic E-state index is 12.6. The Kier molecular flexibility index (Phi) is 4.87. The monoisotopic (exact) mass is 382 g/mol. The lowest BCUT2D eigenvalue weighted by atomic mass is 10.1. The van der Waals surface area contributed by atoms with Crippen molar-refractivity contribution in [2.24, 2.45) is 4.99 Å². The van der Waals surface area contributed by atoms with Crippen molar-refractivity contribution in [3.63, 3.8) is 0 Å². The summed E-state index contributed by atoms with van der Waals surface area (Å²) in [4.78, 5) is 16.6. The van der Waals surface area contributed by atoms with Crippen LogP contribution in [0, 0.1) is 0 Å². The fourth-order valence-corrected chi connectivity index (χ4v) is 3.06. The summed E-state index contributed by atoms with van der Waals surface area (Å²) in [5, 5.41) is 3.41. The van der Waals surface area contributed by atoms with Crippen LogP contribution in [0.2, 0.25) is 5.02 Å². The van der Waals surface area contributed by atoms with E-state index in [1.807, 2.05) is 0 Å². The molecule has 1 amide bonds. The minimum absolute atomic E-state index is 0.338. The van der Waals surface area contributed by atoms with Crippen LogP contribution in [0.5, 0.6) is 0 Å². The number of para-hydroxylation sites is 1. The summed E-state index contributed by atoms with van der Waals surface area (Å²) in [5.74, 6) is -0.365. The third-order valence-corrected chi connectivity index (χ3v) is 4.49. The summed E-state index contributed by atoms with van der Waals surface area (Å²) in [5.41, 5.74) is 0.270. The third kappa shape index (κ3) is 4.24. The molecule has 8 heteroatoms. The summed E-state index contributed by atoms with van der Waals surface area (Å²) in [6, 6.07) is 11.5. The molecule has 0 saturated carbocycles. The minimum atomic E-state index is -4.39. The molecular weight excluding hydrogens is 373 g/mol. The van der Waals surface area contributed by atoms with Gasteiger partial charge in [-0.2, -0.15) is 13.2 Å². The van der Waals surface area contributed by atoms with Gasteiger partial charge in [-0.1, -0.05) is 35.9 Å². The summed E-state index contributed by atoms with van der Waals surface area (Å²) in [6.45, 7) is 0. The van der Waals surface area contributed by atoms with Gasteiger partial charge in [-0.3, -0.25) is 4.79 Å². The molecule has 1 N–H and O–H groups in total. The number of alkyl halides is 3. The molecule has 1 aliphatic rings. The molecule has 0 radical (unpaired) electrons. The Morgan fingerprint density at radius 2 is 1.76 bits per heavy atom. The SMILES string of the molecule is O=C1NC(=Nc2ccccc2Cl)SC1=Cc1ccc(C(F)(F)F)cc1. The Labute approximate surface area is 150 Å². The number of carbonyl (C=O) groups excluding carboxylic acids is 1. The van der Waals surface area contributed by atoms with E-state index in [9.17, 15) is 18.0 Å². The van der Waals surface area contributed by atoms with Gasteiger partial charge in [0.25, 0.3) is 5.91 Å². The van der Waals surface area contributed by atoms with E-state index in [-0.39, 0.29) is 5.91 Å². The highest BCUT2D eigenvalue weighted by Gasteiger charge is 2.30. The van der Waals surface area contributed by atoms with Crippen molar-refractivity contribution in [3.8, 4) is 0 Å². The van der Waals surface area contributed by atoms with Crippen LogP contribution < -0.4 is 5.32 Å². The molecule has 3 nitrogen and oxygen atoms in total. The minimum Gasteiger partial charge on any atom is -0.300 e. The van der Waals surface area contributed by atoms with E-state index in [0.717, 1.165) is 23.9 Å². The number of halogens is 4. The standard InChI is InChI=1S/C17H10ClF3N2OS/c18-12-3-1-2-4-13(12)22-16-23-15(24)14(25-16)9-10-5-7-11(8-6-10)17(19,20)21/h1-9H,(H,22,23,24). The van der Waals surface area contributed by atoms with E-state index in [1.54, 1.807) is 24.3 Å². The number of thioether (sulfide) groups is 1. The summed E-state index contributed by atoms with van der Waals surface area (Å²) >= 11 is 7.12. The van der Waals surface area contributed by atoms with Crippen molar-refractivity contribution < 1.29 is 18.0 Å². The molecular formula is C17H10ClF3N2OS. The second-order valence-electron chi connectivity index (χ2n) is 5.05. The third-order valence-electron chi connectivity index (χ3n) is 3.26. The van der Waals surface area contributed by atoms with Gasteiger partial charge in [-0.25, -0.2) is 4.99 Å². The predicted molar refractivity (Wildman–Crippen MR) is 93.7 cm³/mol. The van der Waals surface area contributed by atoms with E-state index in [2.05, 4.69) is 10.3 Å². The molecule has 0 aliphatic carbocycles. The smallest absolute Gasteiger partial charge is 0.300 e. The van der Waals surface area contributed by atoms with E-state index in [1.165, 1.54) is 18.2 Å². The molecule has 128 valence electrons. The van der Waals surface area contributed by atoms with Gasteiger partial charge in [-0.05, 0) is 47.7 Å². The zero-order chi connectivity index (χ0) is 18.0. The number of nitrogens with zero attached hydrogens (tertiary/aromatic N) is 1. The Bertz CT molecular complexity index is 876. The van der Waals surface area contributed by atoms with Gasteiger partial charge < -0.3 is 5.32 Å². The van der Waals surface area contributed by atoms with Gasteiger partial charge in [0.05, 0.1) is 21.2 Å². The van der Waals surface area contributed by atoms with Gasteiger partial charge >= 0.3 is 6.18 Å². The zero-order valence-corrected chi connectivity index (χ0v) is 14.0. The number of rotatable bonds is 2. The van der Waals surface area contributed by atoms with Crippen molar-refractivity contribution in [3.05, 3.63) is 69.6 Å². The molecule has 1 fully saturated rings. The van der Waals surface area contributed by atoms with Crippen LogP contribution in [-0.2, 0) is 11.0 Å². The Morgan fingerprint density at radius 1 is 1.08 bits per heavy atom. The summed E-state index contributed by atoms with van der Waals surface area (Å²) in [7, 11) is 0. The van der Waals surface area contributed by atoms with Crippen molar-refractivity contribution in [1.82, 2.24) is 5.32 Å². The number of hydrogen-bond acceptors (Lipinski definition) is 3. The van der Waals surface area contributed by atoms with Crippen LogP contribution in [0.25, 0.3) is 6.08 Å². The fourth-order valence-electron chi connectivity index (χ4n) is 2.05. The lowest BCUT2D eigenvalue weighted by Crippen LogP contribution is -2.19. The van der Waals surface area contributed by atoms with Gasteiger partial charge in [0.15, 0.2) is 5.17 Å². The summed E-state index contributed by atoms with van der Waals surface area (Å²) < 4.78 is 37.7. The van der Waals surface area contributed by atoms with Crippen LogP contribution in [0.1, 0.15) is 11.1 Å². The Balaban J connectivity index is 1.81. The molecule has 1 aliphatic heterocycles. The molecule has 1 saturated heterocycles. The van der Waals surface area contributed by atoms with Gasteiger partial charge in [0.1, 0.15) is 0 Å². The Hall–Kier alpha value is -2.25. The fraction of sp³-hybridized carbons (Fsp3) is 0.0588. The molecule has 0 atom stereocenters. The van der Waals surface area contributed by atoms with E-state index < -0.39 is 11.7 Å². The highest BCUT2D eigenvalue weighted by atomic mass is 35.5. The maximum Gasteiger partial charge on any atom is 0.416 e. The van der Waals surface area contributed by atoms with E-state index in [0.29, 0.717) is 26.3 Å². The van der Waals surface area contributed by atoms with Crippen molar-refractivity contribution in [2.45, 2.75) is 6.18 Å². The van der Waals surface area contributed by atoms with Crippen molar-refractivity contribution in [2.75, 3.05) is 0 Å². The second-order valence-corrected chi connectivity index (χ2v) is 6.49. The number of amidine groups is 1. The second kappa shape index (κ2) is 6.93. The largest absolute Gasteiger partial charge is 0.416 e. The average molecular weight is 383 g/mol. The molecule has 25 heavy (non-hydrogen) atoms. The van der Waals surface area contributed by atoms with E-state index >= 15 is 0 Å². The molecule has 1 heterocycles.